The normalized spacial score (nSPS) is 11.2. The number of fused-ring (bicyclic) bond motifs is 1. The molecule has 0 saturated heterocycles. The first-order chi connectivity index (χ1) is 9.45. The summed E-state index contributed by atoms with van der Waals surface area (Å²) in [5.41, 5.74) is 9.14. The molecule has 3 nitrogen and oxygen atoms in total. The Morgan fingerprint density at radius 3 is 2.50 bits per heavy atom. The lowest BCUT2D eigenvalue weighted by Gasteiger charge is -2.04. The highest BCUT2D eigenvalue weighted by Crippen LogP contribution is 2.36. The first-order valence-electron chi connectivity index (χ1n) is 5.77. The molecule has 102 valence electrons. The molecule has 2 N–H and O–H groups in total. The third-order valence-electron chi connectivity index (χ3n) is 2.97. The zero-order chi connectivity index (χ0) is 14.4. The summed E-state index contributed by atoms with van der Waals surface area (Å²) >= 11 is 18.0. The summed E-state index contributed by atoms with van der Waals surface area (Å²) < 4.78 is 5.76. The molecule has 1 aromatic heterocycles. The number of nitrogens with two attached hydrogens (primary N) is 1. The zero-order valence-corrected chi connectivity index (χ0v) is 12.6. The van der Waals surface area contributed by atoms with Gasteiger partial charge in [0.15, 0.2) is 5.58 Å². The van der Waals surface area contributed by atoms with Crippen LogP contribution in [0.3, 0.4) is 0 Å². The molecule has 2 aromatic carbocycles. The molecule has 0 aliphatic rings. The number of halogens is 3. The maximum absolute atomic E-state index is 6.02. The number of nitrogens with zero attached hydrogens (tertiary/aromatic N) is 1. The van der Waals surface area contributed by atoms with E-state index in [1.165, 1.54) is 0 Å². The lowest BCUT2D eigenvalue weighted by molar-refractivity contribution is 0.617. The van der Waals surface area contributed by atoms with Gasteiger partial charge in [-0.2, -0.15) is 0 Å². The van der Waals surface area contributed by atoms with Crippen molar-refractivity contribution in [1.29, 1.82) is 0 Å². The molecule has 0 bridgehead atoms. The van der Waals surface area contributed by atoms with E-state index >= 15 is 0 Å². The lowest BCUT2D eigenvalue weighted by atomic mass is 10.2. The van der Waals surface area contributed by atoms with Crippen molar-refractivity contribution in [3.05, 3.63) is 44.9 Å². The van der Waals surface area contributed by atoms with Crippen molar-refractivity contribution in [1.82, 2.24) is 4.98 Å². The topological polar surface area (TPSA) is 52.0 Å². The average Bonchev–Trinajstić information content (AvgIpc) is 2.77. The molecule has 0 amide bonds. The number of benzene rings is 2. The SMILES string of the molecule is Cc1cc(Cl)cc2nc(-c3cc(Cl)cc(Cl)c3N)oc12. The van der Waals surface area contributed by atoms with Crippen molar-refractivity contribution in [3.8, 4) is 11.5 Å². The molecule has 0 atom stereocenters. The number of aromatic nitrogens is 1. The Bertz CT molecular complexity index is 827. The number of hydrogen-bond donors (Lipinski definition) is 1. The van der Waals surface area contributed by atoms with Crippen molar-refractivity contribution in [2.45, 2.75) is 6.92 Å². The summed E-state index contributed by atoms with van der Waals surface area (Å²) in [5.74, 6) is 0.368. The molecule has 3 aromatic rings. The Morgan fingerprint density at radius 1 is 1.05 bits per heavy atom. The fourth-order valence-electron chi connectivity index (χ4n) is 2.03. The Hall–Kier alpha value is -1.42. The van der Waals surface area contributed by atoms with Gasteiger partial charge in [-0.1, -0.05) is 34.8 Å². The summed E-state index contributed by atoms with van der Waals surface area (Å²) in [6.07, 6.45) is 0. The van der Waals surface area contributed by atoms with Gasteiger partial charge in [0.1, 0.15) is 5.52 Å². The monoisotopic (exact) mass is 326 g/mol. The van der Waals surface area contributed by atoms with E-state index in [-0.39, 0.29) is 0 Å². The second-order valence-corrected chi connectivity index (χ2v) is 5.72. The molecule has 0 saturated carbocycles. The Balaban J connectivity index is 2.28. The van der Waals surface area contributed by atoms with Gasteiger partial charge >= 0.3 is 0 Å². The predicted octanol–water partition coefficient (Wildman–Crippen LogP) is 5.35. The first kappa shape index (κ1) is 13.6. The van der Waals surface area contributed by atoms with Crippen LogP contribution < -0.4 is 5.73 Å². The number of rotatable bonds is 1. The standard InChI is InChI=1S/C14H9Cl3N2O/c1-6-2-7(15)5-11-13(6)20-14(19-11)9-3-8(16)4-10(17)12(9)18/h2-5H,18H2,1H3. The van der Waals surface area contributed by atoms with Crippen LogP contribution >= 0.6 is 34.8 Å². The van der Waals surface area contributed by atoms with E-state index in [0.717, 1.165) is 5.56 Å². The molecule has 1 heterocycles. The van der Waals surface area contributed by atoms with Crippen molar-refractivity contribution in [3.63, 3.8) is 0 Å². The smallest absolute Gasteiger partial charge is 0.229 e. The van der Waals surface area contributed by atoms with Gasteiger partial charge in [-0.05, 0) is 36.8 Å². The Labute approximate surface area is 130 Å². The molecule has 0 unspecified atom stereocenters. The number of aryl methyl sites for hydroxylation is 1. The minimum atomic E-state index is 0.365. The zero-order valence-electron chi connectivity index (χ0n) is 10.4. The average molecular weight is 328 g/mol. The number of oxazole rings is 1. The maximum Gasteiger partial charge on any atom is 0.229 e. The van der Waals surface area contributed by atoms with Crippen LogP contribution in [-0.4, -0.2) is 4.98 Å². The molecule has 0 aliphatic heterocycles. The van der Waals surface area contributed by atoms with Gasteiger partial charge in [0.2, 0.25) is 5.89 Å². The molecule has 0 fully saturated rings. The van der Waals surface area contributed by atoms with E-state index in [1.807, 2.05) is 13.0 Å². The van der Waals surface area contributed by atoms with E-state index in [4.69, 9.17) is 45.0 Å². The van der Waals surface area contributed by atoms with E-state index in [2.05, 4.69) is 4.98 Å². The van der Waals surface area contributed by atoms with Gasteiger partial charge in [-0.15, -0.1) is 0 Å². The fourth-order valence-corrected chi connectivity index (χ4v) is 2.79. The highest BCUT2D eigenvalue weighted by molar-refractivity contribution is 6.37. The van der Waals surface area contributed by atoms with Crippen LogP contribution in [0.15, 0.2) is 28.7 Å². The third-order valence-corrected chi connectivity index (χ3v) is 3.71. The van der Waals surface area contributed by atoms with Gasteiger partial charge in [-0.25, -0.2) is 4.98 Å². The van der Waals surface area contributed by atoms with Crippen molar-refractivity contribution < 1.29 is 4.42 Å². The van der Waals surface area contributed by atoms with Gasteiger partial charge in [-0.3, -0.25) is 0 Å². The molecular formula is C14H9Cl3N2O. The van der Waals surface area contributed by atoms with Gasteiger partial charge in [0, 0.05) is 10.0 Å². The van der Waals surface area contributed by atoms with Crippen molar-refractivity contribution in [2.24, 2.45) is 0 Å². The maximum atomic E-state index is 6.02. The van der Waals surface area contributed by atoms with E-state index in [0.29, 0.717) is 43.3 Å². The Kier molecular flexibility index (Phi) is 3.28. The summed E-state index contributed by atoms with van der Waals surface area (Å²) in [6, 6.07) is 6.80. The largest absolute Gasteiger partial charge is 0.436 e. The minimum Gasteiger partial charge on any atom is -0.436 e. The lowest BCUT2D eigenvalue weighted by Crippen LogP contribution is -1.91. The molecule has 3 rings (SSSR count). The van der Waals surface area contributed by atoms with Crippen LogP contribution in [0.4, 0.5) is 5.69 Å². The van der Waals surface area contributed by atoms with E-state index < -0.39 is 0 Å². The molecule has 6 heteroatoms. The minimum absolute atomic E-state index is 0.365. The predicted molar refractivity (Wildman–Crippen MR) is 83.6 cm³/mol. The number of hydrogen-bond acceptors (Lipinski definition) is 3. The quantitative estimate of drug-likeness (QED) is 0.613. The van der Waals surface area contributed by atoms with Gasteiger partial charge < -0.3 is 10.2 Å². The first-order valence-corrected chi connectivity index (χ1v) is 6.90. The highest BCUT2D eigenvalue weighted by atomic mass is 35.5. The summed E-state index contributed by atoms with van der Waals surface area (Å²) in [6.45, 7) is 1.90. The van der Waals surface area contributed by atoms with Crippen LogP contribution in [0, 0.1) is 6.92 Å². The second-order valence-electron chi connectivity index (χ2n) is 4.44. The Morgan fingerprint density at radius 2 is 1.75 bits per heavy atom. The van der Waals surface area contributed by atoms with Crippen molar-refractivity contribution >= 4 is 51.6 Å². The van der Waals surface area contributed by atoms with Gasteiger partial charge in [0.05, 0.1) is 16.3 Å². The van der Waals surface area contributed by atoms with E-state index in [9.17, 15) is 0 Å². The van der Waals surface area contributed by atoms with Crippen LogP contribution in [-0.2, 0) is 0 Å². The summed E-state index contributed by atoms with van der Waals surface area (Å²) in [4.78, 5) is 4.40. The fraction of sp³-hybridized carbons (Fsp3) is 0.0714. The summed E-state index contributed by atoms with van der Waals surface area (Å²) in [5, 5.41) is 1.44. The third kappa shape index (κ3) is 2.22. The van der Waals surface area contributed by atoms with Crippen LogP contribution in [0.2, 0.25) is 15.1 Å². The second kappa shape index (κ2) is 4.85. The molecule has 20 heavy (non-hydrogen) atoms. The molecule has 0 aliphatic carbocycles. The van der Waals surface area contributed by atoms with Gasteiger partial charge in [0.25, 0.3) is 0 Å². The van der Waals surface area contributed by atoms with Crippen LogP contribution in [0.5, 0.6) is 0 Å². The molecule has 0 radical (unpaired) electrons. The number of anilines is 1. The highest BCUT2D eigenvalue weighted by Gasteiger charge is 2.15. The van der Waals surface area contributed by atoms with Crippen LogP contribution in [0.25, 0.3) is 22.6 Å². The van der Waals surface area contributed by atoms with E-state index in [1.54, 1.807) is 18.2 Å². The summed E-state index contributed by atoms with van der Waals surface area (Å²) in [7, 11) is 0. The van der Waals surface area contributed by atoms with Crippen molar-refractivity contribution in [2.75, 3.05) is 5.73 Å². The number of nitrogen functional groups attached to an aromatic ring is 1. The van der Waals surface area contributed by atoms with Crippen LogP contribution in [0.1, 0.15) is 5.56 Å². The molecule has 0 spiro atoms. The molecular weight excluding hydrogens is 319 g/mol.